The van der Waals surface area contributed by atoms with Gasteiger partial charge in [0, 0.05) is 12.6 Å². The molecule has 1 aliphatic rings. The van der Waals surface area contributed by atoms with Crippen LogP contribution in [-0.2, 0) is 33.6 Å². The molecule has 0 saturated heterocycles. The molecule has 39 heavy (non-hydrogen) atoms. The fourth-order valence-corrected chi connectivity index (χ4v) is 3.83. The SMILES string of the molecule is CC(=O)N1CC(NC(=O)C(=O)Nc2ccc(O)cc2)C(=O)N(CC(=O)NC(C=O)CC(=O)O)c2ccccc21. The number of phenols is 1. The number of fused-ring (bicyclic) bond motifs is 1. The molecule has 2 aromatic rings. The van der Waals surface area contributed by atoms with Crippen LogP contribution in [0.4, 0.5) is 17.1 Å². The highest BCUT2D eigenvalue weighted by atomic mass is 16.4. The second-order valence-electron chi connectivity index (χ2n) is 8.48. The number of aliphatic carboxylic acids is 1. The third-order valence-electron chi connectivity index (χ3n) is 5.62. The van der Waals surface area contributed by atoms with Crippen LogP contribution in [-0.4, -0.2) is 77.2 Å². The quantitative estimate of drug-likeness (QED) is 0.164. The summed E-state index contributed by atoms with van der Waals surface area (Å²) in [6, 6.07) is 8.60. The van der Waals surface area contributed by atoms with Crippen molar-refractivity contribution in [2.24, 2.45) is 0 Å². The molecule has 14 heteroatoms. The predicted molar refractivity (Wildman–Crippen MR) is 136 cm³/mol. The zero-order valence-electron chi connectivity index (χ0n) is 20.6. The Morgan fingerprint density at radius 2 is 1.67 bits per heavy atom. The summed E-state index contributed by atoms with van der Waals surface area (Å²) in [5.74, 6) is -5.92. The number of para-hydroxylation sites is 2. The van der Waals surface area contributed by atoms with Gasteiger partial charge < -0.3 is 35.9 Å². The second kappa shape index (κ2) is 12.3. The topological polar surface area (TPSA) is 203 Å². The number of carboxylic acids is 1. The van der Waals surface area contributed by atoms with Gasteiger partial charge in [-0.05, 0) is 36.4 Å². The number of carboxylic acid groups (broad SMARTS) is 1. The molecule has 0 aromatic heterocycles. The minimum atomic E-state index is -1.46. The van der Waals surface area contributed by atoms with Crippen molar-refractivity contribution in [1.82, 2.24) is 10.6 Å². The van der Waals surface area contributed by atoms with E-state index in [-0.39, 0.29) is 35.6 Å². The lowest BCUT2D eigenvalue weighted by molar-refractivity contribution is -0.139. The van der Waals surface area contributed by atoms with Crippen molar-refractivity contribution in [3.8, 4) is 5.75 Å². The Balaban J connectivity index is 1.87. The van der Waals surface area contributed by atoms with Crippen LogP contribution in [0.5, 0.6) is 5.75 Å². The first-order valence-corrected chi connectivity index (χ1v) is 11.6. The molecule has 0 bridgehead atoms. The lowest BCUT2D eigenvalue weighted by Gasteiger charge is -2.25. The molecule has 5 amide bonds. The Kier molecular flexibility index (Phi) is 8.94. The van der Waals surface area contributed by atoms with E-state index in [1.54, 1.807) is 12.1 Å². The van der Waals surface area contributed by atoms with E-state index in [9.17, 15) is 38.7 Å². The summed E-state index contributed by atoms with van der Waals surface area (Å²) in [6.07, 6.45) is -0.426. The molecule has 2 unspecified atom stereocenters. The molecule has 2 aromatic carbocycles. The third kappa shape index (κ3) is 7.15. The standard InChI is InChI=1S/C25H25N5O9/c1-14(32)29-11-18(28-24(38)23(37)27-15-6-8-17(33)9-7-15)25(39)30(20-5-3-2-4-19(20)29)12-21(34)26-16(13-31)10-22(35)36/h2-9,13,16,18,33H,10-12H2,1H3,(H,26,34)(H,27,37)(H,28,38)(H,35,36). The summed E-state index contributed by atoms with van der Waals surface area (Å²) in [5.41, 5.74) is 0.579. The first kappa shape index (κ1) is 28.3. The molecule has 1 aliphatic heterocycles. The van der Waals surface area contributed by atoms with Gasteiger partial charge in [-0.3, -0.25) is 33.7 Å². The number of anilines is 3. The average Bonchev–Trinajstić information content (AvgIpc) is 3.00. The van der Waals surface area contributed by atoms with E-state index in [4.69, 9.17) is 5.11 Å². The van der Waals surface area contributed by atoms with Crippen LogP contribution in [0.1, 0.15) is 13.3 Å². The molecular weight excluding hydrogens is 514 g/mol. The Hall–Kier alpha value is -5.27. The molecule has 5 N–H and O–H groups in total. The number of hydrogen-bond acceptors (Lipinski definition) is 8. The highest BCUT2D eigenvalue weighted by Crippen LogP contribution is 2.32. The van der Waals surface area contributed by atoms with E-state index >= 15 is 0 Å². The number of nitrogens with zero attached hydrogens (tertiary/aromatic N) is 2. The first-order valence-electron chi connectivity index (χ1n) is 11.6. The smallest absolute Gasteiger partial charge is 0.313 e. The maximum absolute atomic E-state index is 13.6. The van der Waals surface area contributed by atoms with Gasteiger partial charge in [-0.15, -0.1) is 0 Å². The van der Waals surface area contributed by atoms with Crippen LogP contribution in [0.15, 0.2) is 48.5 Å². The molecule has 0 radical (unpaired) electrons. The Bertz CT molecular complexity index is 1310. The largest absolute Gasteiger partial charge is 0.508 e. The van der Waals surface area contributed by atoms with Crippen molar-refractivity contribution in [2.75, 3.05) is 28.2 Å². The number of benzene rings is 2. The number of amides is 5. The molecule has 204 valence electrons. The lowest BCUT2D eigenvalue weighted by Crippen LogP contribution is -2.56. The Morgan fingerprint density at radius 3 is 2.26 bits per heavy atom. The van der Waals surface area contributed by atoms with Crippen LogP contribution < -0.4 is 25.8 Å². The van der Waals surface area contributed by atoms with Gasteiger partial charge in [-0.2, -0.15) is 0 Å². The molecular formula is C25H25N5O9. The van der Waals surface area contributed by atoms with Crippen LogP contribution in [0, 0.1) is 0 Å². The van der Waals surface area contributed by atoms with Crippen LogP contribution >= 0.6 is 0 Å². The van der Waals surface area contributed by atoms with Crippen LogP contribution in [0.3, 0.4) is 0 Å². The van der Waals surface area contributed by atoms with Gasteiger partial charge in [0.25, 0.3) is 5.91 Å². The van der Waals surface area contributed by atoms with E-state index in [0.29, 0.717) is 0 Å². The average molecular weight is 540 g/mol. The summed E-state index contributed by atoms with van der Waals surface area (Å²) in [5, 5.41) is 25.1. The molecule has 0 spiro atoms. The van der Waals surface area contributed by atoms with Crippen molar-refractivity contribution >= 4 is 58.9 Å². The number of nitrogens with one attached hydrogen (secondary N) is 3. The van der Waals surface area contributed by atoms with E-state index in [0.717, 1.165) is 4.90 Å². The number of rotatable bonds is 8. The van der Waals surface area contributed by atoms with Gasteiger partial charge in [0.05, 0.1) is 30.4 Å². The molecule has 0 saturated carbocycles. The highest BCUT2D eigenvalue weighted by molar-refractivity contribution is 6.40. The monoisotopic (exact) mass is 539 g/mol. The zero-order chi connectivity index (χ0) is 28.7. The predicted octanol–water partition coefficient (Wildman–Crippen LogP) is -0.626. The normalized spacial score (nSPS) is 15.3. The molecule has 2 atom stereocenters. The van der Waals surface area contributed by atoms with Gasteiger partial charge in [-0.25, -0.2) is 0 Å². The zero-order valence-corrected chi connectivity index (χ0v) is 20.6. The minimum absolute atomic E-state index is 0.0584. The van der Waals surface area contributed by atoms with Gasteiger partial charge in [0.2, 0.25) is 11.8 Å². The van der Waals surface area contributed by atoms with E-state index in [1.165, 1.54) is 48.2 Å². The number of phenolic OH excluding ortho intramolecular Hbond substituents is 1. The Labute approximate surface area is 221 Å². The molecule has 0 aliphatic carbocycles. The van der Waals surface area contributed by atoms with Crippen molar-refractivity contribution in [2.45, 2.75) is 25.4 Å². The van der Waals surface area contributed by atoms with Crippen molar-refractivity contribution in [1.29, 1.82) is 0 Å². The van der Waals surface area contributed by atoms with Gasteiger partial charge in [0.1, 0.15) is 24.6 Å². The van der Waals surface area contributed by atoms with E-state index in [2.05, 4.69) is 16.0 Å². The molecule has 1 heterocycles. The molecule has 3 rings (SSSR count). The first-order chi connectivity index (χ1) is 18.5. The third-order valence-corrected chi connectivity index (χ3v) is 5.62. The van der Waals surface area contributed by atoms with Crippen LogP contribution in [0.2, 0.25) is 0 Å². The lowest BCUT2D eigenvalue weighted by atomic mass is 10.2. The summed E-state index contributed by atoms with van der Waals surface area (Å²) in [4.78, 5) is 88.2. The van der Waals surface area contributed by atoms with Gasteiger partial charge in [-0.1, -0.05) is 12.1 Å². The number of hydrogen-bond donors (Lipinski definition) is 5. The minimum Gasteiger partial charge on any atom is -0.508 e. The number of carbonyl (C=O) groups excluding carboxylic acids is 6. The number of carbonyl (C=O) groups is 7. The van der Waals surface area contributed by atoms with E-state index < -0.39 is 60.6 Å². The number of aldehydes is 1. The Morgan fingerprint density at radius 1 is 1.03 bits per heavy atom. The van der Waals surface area contributed by atoms with Crippen molar-refractivity contribution < 1.29 is 43.8 Å². The highest BCUT2D eigenvalue weighted by Gasteiger charge is 2.37. The summed E-state index contributed by atoms with van der Waals surface area (Å²) in [6.45, 7) is 0.190. The van der Waals surface area contributed by atoms with Crippen molar-refractivity contribution in [3.63, 3.8) is 0 Å². The fraction of sp³-hybridized carbons (Fsp3) is 0.240. The number of aromatic hydroxyl groups is 1. The molecule has 14 nitrogen and oxygen atoms in total. The summed E-state index contributed by atoms with van der Waals surface area (Å²) in [7, 11) is 0. The van der Waals surface area contributed by atoms with E-state index in [1.807, 2.05) is 0 Å². The maximum Gasteiger partial charge on any atom is 0.313 e. The second-order valence-corrected chi connectivity index (χ2v) is 8.48. The summed E-state index contributed by atoms with van der Waals surface area (Å²) < 4.78 is 0. The van der Waals surface area contributed by atoms with Gasteiger partial charge in [0.15, 0.2) is 0 Å². The fourth-order valence-electron chi connectivity index (χ4n) is 3.83. The van der Waals surface area contributed by atoms with Crippen molar-refractivity contribution in [3.05, 3.63) is 48.5 Å². The van der Waals surface area contributed by atoms with Crippen LogP contribution in [0.25, 0.3) is 0 Å². The maximum atomic E-state index is 13.6. The van der Waals surface area contributed by atoms with Gasteiger partial charge >= 0.3 is 17.8 Å². The summed E-state index contributed by atoms with van der Waals surface area (Å²) >= 11 is 0. The molecule has 0 fully saturated rings.